The van der Waals surface area contributed by atoms with E-state index in [1.54, 1.807) is 37.3 Å². The molecule has 0 atom stereocenters. The molecule has 1 aromatic carbocycles. The summed E-state index contributed by atoms with van der Waals surface area (Å²) in [7, 11) is 0. The number of aromatic nitrogens is 1. The minimum absolute atomic E-state index is 0.0124. The number of nitrogens with zero attached hydrogens (tertiary/aromatic N) is 4. The fraction of sp³-hybridized carbons (Fsp3) is 0.111. The quantitative estimate of drug-likeness (QED) is 0.634. The van der Waals surface area contributed by atoms with Gasteiger partial charge in [0, 0.05) is 10.0 Å². The summed E-state index contributed by atoms with van der Waals surface area (Å²) < 4.78 is 6.98. The van der Waals surface area contributed by atoms with Crippen LogP contribution in [0.4, 0.5) is 11.4 Å². The van der Waals surface area contributed by atoms with Crippen LogP contribution in [0.2, 0.25) is 0 Å². The van der Waals surface area contributed by atoms with Crippen LogP contribution in [0.25, 0.3) is 0 Å². The second-order valence-electron chi connectivity index (χ2n) is 5.41. The fourth-order valence-corrected chi connectivity index (χ4v) is 2.76. The van der Waals surface area contributed by atoms with E-state index in [1.165, 1.54) is 6.26 Å². The van der Waals surface area contributed by atoms with Crippen molar-refractivity contribution in [3.63, 3.8) is 0 Å². The average molecular weight is 413 g/mol. The van der Waals surface area contributed by atoms with Gasteiger partial charge in [0.2, 0.25) is 5.88 Å². The summed E-state index contributed by atoms with van der Waals surface area (Å²) in [5.74, 6) is 0.0371. The van der Waals surface area contributed by atoms with Crippen LogP contribution in [-0.4, -0.2) is 9.67 Å². The highest BCUT2D eigenvalue weighted by molar-refractivity contribution is 9.10. The minimum atomic E-state index is -0.564. The molecule has 26 heavy (non-hydrogen) atoms. The van der Waals surface area contributed by atoms with Crippen molar-refractivity contribution in [2.24, 2.45) is 10.2 Å². The van der Waals surface area contributed by atoms with E-state index in [0.29, 0.717) is 11.4 Å². The Hall–Kier alpha value is -3.18. The lowest BCUT2D eigenvalue weighted by molar-refractivity contribution is 0.397. The van der Waals surface area contributed by atoms with Gasteiger partial charge in [0.05, 0.1) is 18.5 Å². The SMILES string of the molecule is Cc1c(C#N)c(O)n(Cc2ccco2)c(=O)c1N=Nc1ccccc1Br. The highest BCUT2D eigenvalue weighted by Crippen LogP contribution is 2.29. The van der Waals surface area contributed by atoms with Gasteiger partial charge >= 0.3 is 0 Å². The molecule has 8 heteroatoms. The van der Waals surface area contributed by atoms with Crippen molar-refractivity contribution in [3.05, 3.63) is 74.4 Å². The second kappa shape index (κ2) is 7.37. The summed E-state index contributed by atoms with van der Waals surface area (Å²) in [5.41, 5.74) is 0.196. The van der Waals surface area contributed by atoms with Gasteiger partial charge in [-0.1, -0.05) is 12.1 Å². The molecule has 0 radical (unpaired) electrons. The zero-order valence-electron chi connectivity index (χ0n) is 13.7. The van der Waals surface area contributed by atoms with E-state index in [0.717, 1.165) is 9.04 Å². The summed E-state index contributed by atoms with van der Waals surface area (Å²) in [6.07, 6.45) is 1.46. The maximum Gasteiger partial charge on any atom is 0.281 e. The summed E-state index contributed by atoms with van der Waals surface area (Å²) >= 11 is 3.36. The Labute approximate surface area is 157 Å². The summed E-state index contributed by atoms with van der Waals surface area (Å²) in [5, 5.41) is 27.8. The van der Waals surface area contributed by atoms with Gasteiger partial charge in [0.25, 0.3) is 5.56 Å². The van der Waals surface area contributed by atoms with Gasteiger partial charge in [-0.05, 0) is 47.1 Å². The molecular weight excluding hydrogens is 400 g/mol. The first kappa shape index (κ1) is 17.6. The van der Waals surface area contributed by atoms with Gasteiger partial charge in [0.1, 0.15) is 17.4 Å². The van der Waals surface area contributed by atoms with Gasteiger partial charge in [0.15, 0.2) is 5.69 Å². The third-order valence-corrected chi connectivity index (χ3v) is 4.44. The number of hydrogen-bond acceptors (Lipinski definition) is 6. The molecular formula is C18H13BrN4O3. The largest absolute Gasteiger partial charge is 0.493 e. The van der Waals surface area contributed by atoms with Gasteiger partial charge in [-0.3, -0.25) is 9.36 Å². The van der Waals surface area contributed by atoms with Gasteiger partial charge in [-0.2, -0.15) is 5.26 Å². The smallest absolute Gasteiger partial charge is 0.281 e. The Morgan fingerprint density at radius 1 is 1.27 bits per heavy atom. The molecule has 0 saturated carbocycles. The molecule has 130 valence electrons. The lowest BCUT2D eigenvalue weighted by Crippen LogP contribution is -2.22. The molecule has 3 aromatic rings. The maximum absolute atomic E-state index is 12.8. The van der Waals surface area contributed by atoms with Crippen LogP contribution in [0.3, 0.4) is 0 Å². The molecule has 1 N–H and O–H groups in total. The zero-order valence-corrected chi connectivity index (χ0v) is 15.3. The van der Waals surface area contributed by atoms with Gasteiger partial charge in [-0.25, -0.2) is 0 Å². The van der Waals surface area contributed by atoms with Crippen LogP contribution >= 0.6 is 15.9 Å². The van der Waals surface area contributed by atoms with E-state index in [9.17, 15) is 15.2 Å². The molecule has 2 aromatic heterocycles. The van der Waals surface area contributed by atoms with E-state index < -0.39 is 11.4 Å². The van der Waals surface area contributed by atoms with Crippen LogP contribution < -0.4 is 5.56 Å². The normalized spacial score (nSPS) is 11.0. The van der Waals surface area contributed by atoms with Crippen molar-refractivity contribution in [2.75, 3.05) is 0 Å². The highest BCUT2D eigenvalue weighted by atomic mass is 79.9. The molecule has 0 spiro atoms. The fourth-order valence-electron chi connectivity index (χ4n) is 2.40. The number of aromatic hydroxyl groups is 1. The monoisotopic (exact) mass is 412 g/mol. The zero-order chi connectivity index (χ0) is 18.7. The number of nitriles is 1. The van der Waals surface area contributed by atoms with Crippen LogP contribution in [0.15, 0.2) is 66.6 Å². The van der Waals surface area contributed by atoms with Crippen molar-refractivity contribution in [3.8, 4) is 11.9 Å². The van der Waals surface area contributed by atoms with Crippen molar-refractivity contribution < 1.29 is 9.52 Å². The molecule has 0 aliphatic carbocycles. The second-order valence-corrected chi connectivity index (χ2v) is 6.26. The average Bonchev–Trinajstić information content (AvgIpc) is 3.14. The van der Waals surface area contributed by atoms with E-state index in [2.05, 4.69) is 26.2 Å². The van der Waals surface area contributed by atoms with Crippen LogP contribution in [0.1, 0.15) is 16.9 Å². The number of azo groups is 1. The molecule has 0 unspecified atom stereocenters. The van der Waals surface area contributed by atoms with Crippen LogP contribution in [0.5, 0.6) is 5.88 Å². The molecule has 0 aliphatic heterocycles. The minimum Gasteiger partial charge on any atom is -0.493 e. The van der Waals surface area contributed by atoms with Crippen molar-refractivity contribution in [2.45, 2.75) is 13.5 Å². The Balaban J connectivity index is 2.14. The van der Waals surface area contributed by atoms with Crippen LogP contribution in [-0.2, 0) is 6.54 Å². The molecule has 0 bridgehead atoms. The number of halogens is 1. The van der Waals surface area contributed by atoms with Gasteiger partial charge in [-0.15, -0.1) is 10.2 Å². The maximum atomic E-state index is 12.8. The Kier molecular flexibility index (Phi) is 5.00. The number of hydrogen-bond donors (Lipinski definition) is 1. The van der Waals surface area contributed by atoms with Crippen molar-refractivity contribution >= 4 is 27.3 Å². The van der Waals surface area contributed by atoms with Crippen molar-refractivity contribution in [1.29, 1.82) is 5.26 Å². The number of rotatable bonds is 4. The molecule has 0 amide bonds. The Morgan fingerprint density at radius 3 is 2.69 bits per heavy atom. The standard InChI is InChI=1S/C18H13BrN4O3/c1-11-13(9-20)17(24)23(10-12-5-4-8-26-12)18(25)16(11)22-21-15-7-3-2-6-14(15)19/h2-8,24H,10H2,1H3. The Bertz CT molecular complexity index is 1080. The number of benzene rings is 1. The summed E-state index contributed by atoms with van der Waals surface area (Å²) in [6.45, 7) is 1.52. The van der Waals surface area contributed by atoms with E-state index in [1.807, 2.05) is 12.1 Å². The third-order valence-electron chi connectivity index (χ3n) is 3.77. The van der Waals surface area contributed by atoms with Crippen LogP contribution in [0, 0.1) is 18.3 Å². The lowest BCUT2D eigenvalue weighted by atomic mass is 10.1. The lowest BCUT2D eigenvalue weighted by Gasteiger charge is -2.11. The summed E-state index contributed by atoms with van der Waals surface area (Å²) in [6, 6.07) is 12.4. The van der Waals surface area contributed by atoms with E-state index in [-0.39, 0.29) is 23.4 Å². The number of furan rings is 1. The molecule has 0 aliphatic rings. The Morgan fingerprint density at radius 2 is 2.04 bits per heavy atom. The molecule has 3 rings (SSSR count). The highest BCUT2D eigenvalue weighted by Gasteiger charge is 2.20. The summed E-state index contributed by atoms with van der Waals surface area (Å²) in [4.78, 5) is 12.8. The molecule has 7 nitrogen and oxygen atoms in total. The first-order chi connectivity index (χ1) is 12.5. The molecule has 2 heterocycles. The molecule has 0 saturated heterocycles. The first-order valence-electron chi connectivity index (χ1n) is 7.58. The van der Waals surface area contributed by atoms with E-state index in [4.69, 9.17) is 4.42 Å². The topological polar surface area (TPSA) is 104 Å². The van der Waals surface area contributed by atoms with Gasteiger partial charge < -0.3 is 9.52 Å². The third kappa shape index (κ3) is 3.30. The predicted molar refractivity (Wildman–Crippen MR) is 97.9 cm³/mol. The first-order valence-corrected chi connectivity index (χ1v) is 8.37. The van der Waals surface area contributed by atoms with E-state index >= 15 is 0 Å². The number of pyridine rings is 1. The molecule has 0 fully saturated rings. The predicted octanol–water partition coefficient (Wildman–Crippen LogP) is 4.55. The van der Waals surface area contributed by atoms with Crippen molar-refractivity contribution in [1.82, 2.24) is 4.57 Å².